The molecule has 0 atom stereocenters. The predicted molar refractivity (Wildman–Crippen MR) is 115 cm³/mol. The van der Waals surface area contributed by atoms with Gasteiger partial charge in [-0.1, -0.05) is 47.1 Å². The van der Waals surface area contributed by atoms with Crippen molar-refractivity contribution in [2.45, 2.75) is 13.3 Å². The predicted octanol–water partition coefficient (Wildman–Crippen LogP) is 6.01. The van der Waals surface area contributed by atoms with Crippen molar-refractivity contribution >= 4 is 44.4 Å². The zero-order valence-corrected chi connectivity index (χ0v) is 17.2. The van der Waals surface area contributed by atoms with Gasteiger partial charge in [0.05, 0.1) is 12.3 Å². The molecule has 1 heterocycles. The number of amides is 1. The number of nitrogens with one attached hydrogen (secondary N) is 1. The van der Waals surface area contributed by atoms with E-state index in [2.05, 4.69) is 33.2 Å². The van der Waals surface area contributed by atoms with Crippen molar-refractivity contribution in [3.63, 3.8) is 0 Å². The molecule has 27 heavy (non-hydrogen) atoms. The van der Waals surface area contributed by atoms with E-state index in [0.29, 0.717) is 11.7 Å². The number of nitrogens with zero attached hydrogens (tertiary/aromatic N) is 1. The number of anilines is 1. The average Bonchev–Trinajstić information content (AvgIpc) is 3.14. The van der Waals surface area contributed by atoms with Crippen molar-refractivity contribution in [1.82, 2.24) is 4.98 Å². The van der Waals surface area contributed by atoms with E-state index in [0.717, 1.165) is 33.5 Å². The monoisotopic (exact) mass is 442 g/mol. The van der Waals surface area contributed by atoms with Crippen LogP contribution in [0.4, 0.5) is 5.13 Å². The Morgan fingerprint density at radius 1 is 1.26 bits per heavy atom. The molecule has 0 aliphatic heterocycles. The van der Waals surface area contributed by atoms with E-state index in [1.54, 1.807) is 6.08 Å². The van der Waals surface area contributed by atoms with E-state index in [1.807, 2.05) is 53.9 Å². The molecule has 6 heteroatoms. The second kappa shape index (κ2) is 9.48. The van der Waals surface area contributed by atoms with E-state index in [1.165, 1.54) is 17.4 Å². The molecule has 0 bridgehead atoms. The van der Waals surface area contributed by atoms with Crippen LogP contribution in [-0.2, 0) is 4.79 Å². The molecule has 1 amide bonds. The van der Waals surface area contributed by atoms with Gasteiger partial charge >= 0.3 is 0 Å². The number of hydrogen-bond acceptors (Lipinski definition) is 4. The Hall–Kier alpha value is -2.44. The molecule has 4 nitrogen and oxygen atoms in total. The Morgan fingerprint density at radius 2 is 2.07 bits per heavy atom. The first-order valence-electron chi connectivity index (χ1n) is 8.57. The Kier molecular flexibility index (Phi) is 6.79. The topological polar surface area (TPSA) is 51.2 Å². The van der Waals surface area contributed by atoms with Crippen molar-refractivity contribution in [2.24, 2.45) is 0 Å². The second-order valence-electron chi connectivity index (χ2n) is 5.79. The van der Waals surface area contributed by atoms with Crippen LogP contribution < -0.4 is 10.1 Å². The van der Waals surface area contributed by atoms with Gasteiger partial charge in [0.15, 0.2) is 5.13 Å². The van der Waals surface area contributed by atoms with Gasteiger partial charge in [-0.25, -0.2) is 4.98 Å². The summed E-state index contributed by atoms with van der Waals surface area (Å²) >= 11 is 4.86. The van der Waals surface area contributed by atoms with Crippen molar-refractivity contribution in [1.29, 1.82) is 0 Å². The number of rotatable bonds is 7. The molecule has 0 aliphatic carbocycles. The fourth-order valence-electron chi connectivity index (χ4n) is 2.33. The molecule has 0 spiro atoms. The fourth-order valence-corrected chi connectivity index (χ4v) is 3.45. The largest absolute Gasteiger partial charge is 0.494 e. The Balaban J connectivity index is 1.58. The van der Waals surface area contributed by atoms with Gasteiger partial charge in [0.2, 0.25) is 5.91 Å². The van der Waals surface area contributed by atoms with Crippen LogP contribution in [-0.4, -0.2) is 17.5 Å². The van der Waals surface area contributed by atoms with Crippen LogP contribution in [0.2, 0.25) is 0 Å². The van der Waals surface area contributed by atoms with Gasteiger partial charge in [0.1, 0.15) is 5.75 Å². The lowest BCUT2D eigenvalue weighted by molar-refractivity contribution is -0.111. The van der Waals surface area contributed by atoms with Crippen LogP contribution in [0.5, 0.6) is 5.75 Å². The Morgan fingerprint density at radius 3 is 2.81 bits per heavy atom. The number of benzene rings is 2. The minimum atomic E-state index is -0.212. The smallest absolute Gasteiger partial charge is 0.250 e. The summed E-state index contributed by atoms with van der Waals surface area (Å²) in [6.07, 6.45) is 4.24. The maximum absolute atomic E-state index is 12.1. The average molecular weight is 443 g/mol. The molecule has 3 aromatic rings. The van der Waals surface area contributed by atoms with Gasteiger partial charge < -0.3 is 4.74 Å². The van der Waals surface area contributed by atoms with Gasteiger partial charge in [-0.05, 0) is 42.3 Å². The van der Waals surface area contributed by atoms with Crippen LogP contribution >= 0.6 is 27.3 Å². The molecule has 0 fully saturated rings. The van der Waals surface area contributed by atoms with Crippen molar-refractivity contribution < 1.29 is 9.53 Å². The molecule has 0 aliphatic rings. The lowest BCUT2D eigenvalue weighted by Gasteiger charge is -2.04. The summed E-state index contributed by atoms with van der Waals surface area (Å²) in [6, 6.07) is 15.5. The van der Waals surface area contributed by atoms with Gasteiger partial charge in [0.25, 0.3) is 0 Å². The highest BCUT2D eigenvalue weighted by atomic mass is 79.9. The highest BCUT2D eigenvalue weighted by Gasteiger charge is 2.06. The highest BCUT2D eigenvalue weighted by molar-refractivity contribution is 9.10. The lowest BCUT2D eigenvalue weighted by atomic mass is 10.2. The molecule has 0 saturated heterocycles. The number of carbonyl (C=O) groups is 1. The summed E-state index contributed by atoms with van der Waals surface area (Å²) in [5, 5.41) is 5.30. The summed E-state index contributed by atoms with van der Waals surface area (Å²) < 4.78 is 6.54. The molecular weight excluding hydrogens is 424 g/mol. The summed E-state index contributed by atoms with van der Waals surface area (Å²) in [5.74, 6) is 0.623. The number of carbonyl (C=O) groups excluding carboxylic acids is 1. The third kappa shape index (κ3) is 5.77. The maximum Gasteiger partial charge on any atom is 0.250 e. The quantitative estimate of drug-likeness (QED) is 0.455. The van der Waals surface area contributed by atoms with Crippen LogP contribution in [0, 0.1) is 0 Å². The van der Waals surface area contributed by atoms with E-state index >= 15 is 0 Å². The third-order valence-electron chi connectivity index (χ3n) is 3.63. The molecule has 0 saturated carbocycles. The second-order valence-corrected chi connectivity index (χ2v) is 7.56. The molecule has 3 rings (SSSR count). The van der Waals surface area contributed by atoms with Gasteiger partial charge in [-0.3, -0.25) is 10.1 Å². The number of hydrogen-bond donors (Lipinski definition) is 1. The van der Waals surface area contributed by atoms with Crippen LogP contribution in [0.1, 0.15) is 18.9 Å². The maximum atomic E-state index is 12.1. The number of thiazole rings is 1. The molecule has 138 valence electrons. The van der Waals surface area contributed by atoms with Crippen LogP contribution in [0.15, 0.2) is 64.5 Å². The lowest BCUT2D eigenvalue weighted by Crippen LogP contribution is -2.07. The van der Waals surface area contributed by atoms with Gasteiger partial charge in [-0.15, -0.1) is 11.3 Å². The van der Waals surface area contributed by atoms with Crippen LogP contribution in [0.25, 0.3) is 17.3 Å². The first-order valence-corrected chi connectivity index (χ1v) is 10.2. The Labute approximate surface area is 171 Å². The first-order chi connectivity index (χ1) is 13.1. The Bertz CT molecular complexity index is 935. The van der Waals surface area contributed by atoms with Gasteiger partial charge in [-0.2, -0.15) is 0 Å². The fraction of sp³-hybridized carbons (Fsp3) is 0.143. The van der Waals surface area contributed by atoms with Crippen molar-refractivity contribution in [3.8, 4) is 17.0 Å². The molecular formula is C21H19BrN2O2S. The summed E-state index contributed by atoms with van der Waals surface area (Å²) in [4.78, 5) is 16.6. The van der Waals surface area contributed by atoms with Gasteiger partial charge in [0, 0.05) is 21.5 Å². The third-order valence-corrected chi connectivity index (χ3v) is 4.89. The van der Waals surface area contributed by atoms with E-state index < -0.39 is 0 Å². The van der Waals surface area contributed by atoms with Crippen LogP contribution in [0.3, 0.4) is 0 Å². The standard InChI is InChI=1S/C21H19BrN2O2S/c1-2-12-26-18-9-6-15(7-10-18)8-11-20(25)24-21-23-19(14-27-21)16-4-3-5-17(22)13-16/h3-11,13-14H,2,12H2,1H3,(H,23,24,25)/b11-8+. The minimum Gasteiger partial charge on any atom is -0.494 e. The summed E-state index contributed by atoms with van der Waals surface area (Å²) in [6.45, 7) is 2.77. The van der Waals surface area contributed by atoms with Crippen molar-refractivity contribution in [3.05, 3.63) is 70.0 Å². The zero-order valence-electron chi connectivity index (χ0n) is 14.8. The van der Waals surface area contributed by atoms with E-state index in [9.17, 15) is 4.79 Å². The molecule has 2 aromatic carbocycles. The number of halogens is 1. The molecule has 1 N–H and O–H groups in total. The SMILES string of the molecule is CCCOc1ccc(/C=C/C(=O)Nc2nc(-c3cccc(Br)c3)cs2)cc1. The van der Waals surface area contributed by atoms with Crippen molar-refractivity contribution in [2.75, 3.05) is 11.9 Å². The normalized spacial score (nSPS) is 10.9. The van der Waals surface area contributed by atoms with E-state index in [-0.39, 0.29) is 5.91 Å². The zero-order chi connectivity index (χ0) is 19.1. The number of ether oxygens (including phenoxy) is 1. The minimum absolute atomic E-state index is 0.212. The highest BCUT2D eigenvalue weighted by Crippen LogP contribution is 2.26. The molecule has 0 unspecified atom stereocenters. The summed E-state index contributed by atoms with van der Waals surface area (Å²) in [7, 11) is 0. The number of aromatic nitrogens is 1. The first kappa shape index (κ1) is 19.3. The molecule has 1 aromatic heterocycles. The molecule has 0 radical (unpaired) electrons. The van der Waals surface area contributed by atoms with E-state index in [4.69, 9.17) is 4.74 Å². The summed E-state index contributed by atoms with van der Waals surface area (Å²) in [5.41, 5.74) is 2.77.